The number of aromatic nitrogens is 3. The van der Waals surface area contributed by atoms with Gasteiger partial charge in [0.2, 0.25) is 11.8 Å². The predicted molar refractivity (Wildman–Crippen MR) is 138 cm³/mol. The van der Waals surface area contributed by atoms with Crippen molar-refractivity contribution in [2.75, 3.05) is 14.2 Å². The second-order valence-corrected chi connectivity index (χ2v) is 9.18. The Kier molecular flexibility index (Phi) is 7.64. The van der Waals surface area contributed by atoms with Gasteiger partial charge in [0.25, 0.3) is 5.56 Å². The Morgan fingerprint density at radius 3 is 2.33 bits per heavy atom. The molecule has 0 saturated carbocycles. The molecule has 0 atom stereocenters. The summed E-state index contributed by atoms with van der Waals surface area (Å²) in [6, 6.07) is 12.3. The number of ether oxygens (including phenoxy) is 2. The second-order valence-electron chi connectivity index (χ2n) is 8.74. The van der Waals surface area contributed by atoms with Gasteiger partial charge in [-0.1, -0.05) is 31.5 Å². The summed E-state index contributed by atoms with van der Waals surface area (Å²) < 4.78 is 18.2. The van der Waals surface area contributed by atoms with E-state index in [-0.39, 0.29) is 17.9 Å². The van der Waals surface area contributed by atoms with Gasteiger partial charge in [0.05, 0.1) is 25.5 Å². The van der Waals surface area contributed by atoms with Crippen molar-refractivity contribution in [2.24, 2.45) is 5.92 Å². The first-order valence-electron chi connectivity index (χ1n) is 11.6. The lowest BCUT2D eigenvalue weighted by Gasteiger charge is -2.19. The molecule has 2 aromatic heterocycles. The summed E-state index contributed by atoms with van der Waals surface area (Å²) in [5, 5.41) is 11.4. The van der Waals surface area contributed by atoms with Crippen LogP contribution in [0, 0.1) is 5.92 Å². The van der Waals surface area contributed by atoms with E-state index >= 15 is 0 Å². The van der Waals surface area contributed by atoms with Crippen LogP contribution < -0.4 is 15.0 Å². The first-order valence-corrected chi connectivity index (χ1v) is 12.0. The number of aromatic hydroxyl groups is 1. The zero-order valence-electron chi connectivity index (χ0n) is 20.6. The molecule has 0 aliphatic rings. The minimum atomic E-state index is -0.430. The highest BCUT2D eigenvalue weighted by Gasteiger charge is 2.24. The molecule has 0 radical (unpaired) electrons. The highest BCUT2D eigenvalue weighted by Crippen LogP contribution is 2.33. The molecule has 9 heteroatoms. The fourth-order valence-corrected chi connectivity index (χ4v) is 4.03. The van der Waals surface area contributed by atoms with Crippen molar-refractivity contribution in [3.63, 3.8) is 0 Å². The molecule has 2 heterocycles. The normalized spacial score (nSPS) is 11.2. The molecule has 36 heavy (non-hydrogen) atoms. The van der Waals surface area contributed by atoms with E-state index in [4.69, 9.17) is 25.5 Å². The van der Waals surface area contributed by atoms with E-state index in [1.807, 2.05) is 0 Å². The molecule has 1 N–H and O–H groups in total. The van der Waals surface area contributed by atoms with Crippen LogP contribution in [0.3, 0.4) is 0 Å². The van der Waals surface area contributed by atoms with Gasteiger partial charge in [-0.3, -0.25) is 9.36 Å². The van der Waals surface area contributed by atoms with Gasteiger partial charge in [0.15, 0.2) is 0 Å². The summed E-state index contributed by atoms with van der Waals surface area (Å²) in [5.41, 5.74) is 1.31. The number of para-hydroxylation sites is 1. The lowest BCUT2D eigenvalue weighted by Crippen LogP contribution is -2.28. The summed E-state index contributed by atoms with van der Waals surface area (Å²) >= 11 is 5.97. The fourth-order valence-electron chi connectivity index (χ4n) is 3.90. The molecule has 0 saturated heterocycles. The predicted octanol–water partition coefficient (Wildman–Crippen LogP) is 5.44. The van der Waals surface area contributed by atoms with E-state index in [9.17, 15) is 9.90 Å². The lowest BCUT2D eigenvalue weighted by molar-refractivity contribution is 0.387. The Balaban J connectivity index is 1.82. The zero-order valence-corrected chi connectivity index (χ0v) is 21.4. The topological polar surface area (TPSA) is 99.6 Å². The van der Waals surface area contributed by atoms with Gasteiger partial charge < -0.3 is 19.0 Å². The number of halogens is 1. The number of aryl methyl sites for hydroxylation is 1. The van der Waals surface area contributed by atoms with Gasteiger partial charge in [0, 0.05) is 23.4 Å². The van der Waals surface area contributed by atoms with Crippen LogP contribution in [0.1, 0.15) is 37.4 Å². The molecule has 0 amide bonds. The van der Waals surface area contributed by atoms with E-state index in [0.29, 0.717) is 52.0 Å². The van der Waals surface area contributed by atoms with Crippen LogP contribution in [0.25, 0.3) is 17.1 Å². The molecule has 0 spiro atoms. The van der Waals surface area contributed by atoms with Crippen LogP contribution in [-0.2, 0) is 12.8 Å². The van der Waals surface area contributed by atoms with Crippen molar-refractivity contribution in [1.82, 2.24) is 14.5 Å². The number of rotatable bonds is 9. The largest absolute Gasteiger partial charge is 0.494 e. The average Bonchev–Trinajstić information content (AvgIpc) is 3.34. The van der Waals surface area contributed by atoms with Gasteiger partial charge in [-0.15, -0.1) is 0 Å². The van der Waals surface area contributed by atoms with E-state index in [0.717, 1.165) is 12.0 Å². The number of hydrogen-bond acceptors (Lipinski definition) is 7. The Hall–Kier alpha value is -3.78. The maximum absolute atomic E-state index is 13.9. The first kappa shape index (κ1) is 25.3. The third kappa shape index (κ3) is 5.23. The van der Waals surface area contributed by atoms with Gasteiger partial charge >= 0.3 is 0 Å². The third-order valence-electron chi connectivity index (χ3n) is 5.80. The molecule has 0 bridgehead atoms. The molecule has 2 aromatic carbocycles. The van der Waals surface area contributed by atoms with Gasteiger partial charge in [-0.2, -0.15) is 4.98 Å². The monoisotopic (exact) mass is 509 g/mol. The first-order chi connectivity index (χ1) is 17.3. The lowest BCUT2D eigenvalue weighted by atomic mass is 10.1. The van der Waals surface area contributed by atoms with Crippen LogP contribution in [0.2, 0.25) is 5.02 Å². The molecular weight excluding hydrogens is 482 g/mol. The number of hydrogen-bond donors (Lipinski definition) is 1. The van der Waals surface area contributed by atoms with Crippen LogP contribution in [0.5, 0.6) is 17.4 Å². The Bertz CT molecular complexity index is 1390. The number of benzene rings is 2. The van der Waals surface area contributed by atoms with Gasteiger partial charge in [0.1, 0.15) is 29.3 Å². The number of methoxy groups -OCH3 is 2. The van der Waals surface area contributed by atoms with Crippen LogP contribution >= 0.6 is 11.6 Å². The standard InChI is InChI=1S/C27H28ClN3O5/c1-16(2)8-13-23-30-25(32)20(14-19-15-36-26(29-19)17-9-11-18(28)12-10-17)27(33)31(23)24-21(34-3)6-5-7-22(24)35-4/h5-7,9-12,15-16,32H,8,13-14H2,1-4H3. The van der Waals surface area contributed by atoms with Gasteiger partial charge in [-0.25, -0.2) is 4.98 Å². The van der Waals surface area contributed by atoms with Crippen molar-refractivity contribution in [2.45, 2.75) is 33.1 Å². The van der Waals surface area contributed by atoms with E-state index in [1.54, 1.807) is 42.5 Å². The zero-order chi connectivity index (χ0) is 25.8. The van der Waals surface area contributed by atoms with Crippen LogP contribution in [-0.4, -0.2) is 33.9 Å². The average molecular weight is 510 g/mol. The van der Waals surface area contributed by atoms with Crippen molar-refractivity contribution in [1.29, 1.82) is 0 Å². The molecule has 0 fully saturated rings. The van der Waals surface area contributed by atoms with Gasteiger partial charge in [-0.05, 0) is 48.7 Å². The quantitative estimate of drug-likeness (QED) is 0.320. The maximum Gasteiger partial charge on any atom is 0.265 e. The van der Waals surface area contributed by atoms with Crippen molar-refractivity contribution >= 4 is 11.6 Å². The van der Waals surface area contributed by atoms with Crippen molar-refractivity contribution in [3.05, 3.63) is 81.2 Å². The third-order valence-corrected chi connectivity index (χ3v) is 6.05. The van der Waals surface area contributed by atoms with E-state index < -0.39 is 5.56 Å². The summed E-state index contributed by atoms with van der Waals surface area (Å²) in [6.45, 7) is 4.17. The Morgan fingerprint density at radius 2 is 1.72 bits per heavy atom. The highest BCUT2D eigenvalue weighted by molar-refractivity contribution is 6.30. The molecule has 0 unspecified atom stereocenters. The minimum absolute atomic E-state index is 0.0245. The molecule has 188 valence electrons. The Morgan fingerprint density at radius 1 is 1.06 bits per heavy atom. The minimum Gasteiger partial charge on any atom is -0.494 e. The second kappa shape index (κ2) is 10.9. The maximum atomic E-state index is 13.9. The number of oxazole rings is 1. The summed E-state index contributed by atoms with van der Waals surface area (Å²) in [4.78, 5) is 22.8. The molecule has 4 aromatic rings. The van der Waals surface area contributed by atoms with Crippen LogP contribution in [0.4, 0.5) is 0 Å². The smallest absolute Gasteiger partial charge is 0.265 e. The number of nitrogens with zero attached hydrogens (tertiary/aromatic N) is 3. The summed E-state index contributed by atoms with van der Waals surface area (Å²) in [6.07, 6.45) is 2.74. The van der Waals surface area contributed by atoms with Crippen LogP contribution in [0.15, 0.2) is 57.9 Å². The molecule has 4 rings (SSSR count). The molecule has 0 aliphatic heterocycles. The van der Waals surface area contributed by atoms with Crippen molar-refractivity contribution in [3.8, 4) is 34.5 Å². The fraction of sp³-hybridized carbons (Fsp3) is 0.296. The van der Waals surface area contributed by atoms with E-state index in [1.165, 1.54) is 25.0 Å². The SMILES string of the molecule is COc1cccc(OC)c1-n1c(CCC(C)C)nc(O)c(Cc2coc(-c3ccc(Cl)cc3)n2)c1=O. The summed E-state index contributed by atoms with van der Waals surface area (Å²) in [5.74, 6) is 1.74. The van der Waals surface area contributed by atoms with Crippen molar-refractivity contribution < 1.29 is 19.0 Å². The Labute approximate surface area is 214 Å². The molecule has 0 aliphatic carbocycles. The molecular formula is C27H28ClN3O5. The van der Waals surface area contributed by atoms with E-state index in [2.05, 4.69) is 23.8 Å². The molecule has 8 nitrogen and oxygen atoms in total. The highest BCUT2D eigenvalue weighted by atomic mass is 35.5. The summed E-state index contributed by atoms with van der Waals surface area (Å²) in [7, 11) is 3.05.